The second kappa shape index (κ2) is 8.13. The molecule has 4 aromatic rings. The molecule has 11 heteroatoms. The molecule has 4 heterocycles. The lowest BCUT2D eigenvalue weighted by molar-refractivity contribution is 0.127. The lowest BCUT2D eigenvalue weighted by Crippen LogP contribution is -2.26. The summed E-state index contributed by atoms with van der Waals surface area (Å²) in [6.07, 6.45) is 1.81. The zero-order valence-electron chi connectivity index (χ0n) is 18.5. The molecule has 0 aromatic carbocycles. The number of nitrogens with one attached hydrogen (secondary N) is 1. The monoisotopic (exact) mass is 456 g/mol. The van der Waals surface area contributed by atoms with Gasteiger partial charge in [-0.25, -0.2) is 18.7 Å². The molecule has 4 aromatic heterocycles. The van der Waals surface area contributed by atoms with Gasteiger partial charge < -0.3 is 20.7 Å². The topological polar surface area (TPSA) is 119 Å². The van der Waals surface area contributed by atoms with Gasteiger partial charge >= 0.3 is 0 Å². The van der Waals surface area contributed by atoms with Crippen molar-refractivity contribution < 1.29 is 13.9 Å². The van der Waals surface area contributed by atoms with Gasteiger partial charge in [-0.15, -0.1) is 5.10 Å². The van der Waals surface area contributed by atoms with Crippen molar-refractivity contribution >= 4 is 28.4 Å². The number of alkyl halides is 2. The van der Waals surface area contributed by atoms with Crippen molar-refractivity contribution in [1.82, 2.24) is 29.1 Å². The van der Waals surface area contributed by atoms with Crippen molar-refractivity contribution in [3.63, 3.8) is 0 Å². The predicted octanol–water partition coefficient (Wildman–Crippen LogP) is 3.99. The Morgan fingerprint density at radius 1 is 1.18 bits per heavy atom. The van der Waals surface area contributed by atoms with E-state index < -0.39 is 13.0 Å². The number of fused-ring (bicyclic) bond motifs is 2. The highest BCUT2D eigenvalue weighted by Gasteiger charge is 2.22. The van der Waals surface area contributed by atoms with Crippen LogP contribution in [0.15, 0.2) is 18.2 Å². The van der Waals surface area contributed by atoms with Crippen LogP contribution in [0.3, 0.4) is 0 Å². The lowest BCUT2D eigenvalue weighted by atomic mass is 9.87. The Morgan fingerprint density at radius 3 is 2.67 bits per heavy atom. The number of hydrogen-bond donors (Lipinski definition) is 3. The van der Waals surface area contributed by atoms with Crippen LogP contribution in [0.5, 0.6) is 5.88 Å². The molecular formula is C22H26F2N8O. The molecule has 0 aliphatic heterocycles. The minimum Gasteiger partial charge on any atom is -0.493 e. The van der Waals surface area contributed by atoms with Crippen LogP contribution in [0, 0.1) is 12.8 Å². The summed E-state index contributed by atoms with van der Waals surface area (Å²) in [6.45, 7) is 3.42. The number of imidazole rings is 1. The second-order valence-corrected chi connectivity index (χ2v) is 8.80. The first-order chi connectivity index (χ1) is 15.8. The Hall–Kier alpha value is -3.50. The molecule has 0 radical (unpaired) electrons. The van der Waals surface area contributed by atoms with Gasteiger partial charge in [-0.3, -0.25) is 0 Å². The molecule has 9 nitrogen and oxygen atoms in total. The molecule has 0 bridgehead atoms. The number of halogens is 2. The Kier molecular flexibility index (Phi) is 5.26. The van der Waals surface area contributed by atoms with Gasteiger partial charge in [-0.1, -0.05) is 6.92 Å². The fourth-order valence-electron chi connectivity index (χ4n) is 4.58. The van der Waals surface area contributed by atoms with E-state index in [1.165, 1.54) is 15.1 Å². The Morgan fingerprint density at radius 2 is 1.94 bits per heavy atom. The Bertz CT molecular complexity index is 1320. The van der Waals surface area contributed by atoms with Gasteiger partial charge in [0.2, 0.25) is 11.8 Å². The number of rotatable bonds is 5. The van der Waals surface area contributed by atoms with Crippen LogP contribution in [-0.4, -0.2) is 46.7 Å². The standard InChI is InChI=1S/C22H26F2N8O/c1-11-3-5-13(6-4-11)27-22-29-20(25)19-14(9-18(33)32(19)30-22)15-7-8-16-21(28-15)31(10-17(23)24)12(2)26-16/h7-9,11,13,17,33H,3-6,10H2,1-2H3,(H3,25,27,29,30). The van der Waals surface area contributed by atoms with Crippen molar-refractivity contribution in [2.75, 3.05) is 11.1 Å². The van der Waals surface area contributed by atoms with Gasteiger partial charge in [-0.05, 0) is 50.7 Å². The number of pyridine rings is 1. The molecule has 4 N–H and O–H groups in total. The highest BCUT2D eigenvalue weighted by atomic mass is 19.3. The molecule has 0 unspecified atom stereocenters. The summed E-state index contributed by atoms with van der Waals surface area (Å²) < 4.78 is 28.9. The minimum absolute atomic E-state index is 0.117. The molecule has 1 saturated carbocycles. The number of anilines is 2. The van der Waals surface area contributed by atoms with Crippen LogP contribution in [0.25, 0.3) is 27.9 Å². The molecule has 1 aliphatic carbocycles. The van der Waals surface area contributed by atoms with Gasteiger partial charge in [-0.2, -0.15) is 9.50 Å². The molecule has 33 heavy (non-hydrogen) atoms. The number of aryl methyl sites for hydroxylation is 1. The van der Waals surface area contributed by atoms with Crippen LogP contribution in [0.1, 0.15) is 38.4 Å². The van der Waals surface area contributed by atoms with Crippen LogP contribution >= 0.6 is 0 Å². The number of hydrogen-bond acceptors (Lipinski definition) is 7. The fraction of sp³-hybridized carbons (Fsp3) is 0.455. The third-order valence-corrected chi connectivity index (χ3v) is 6.35. The van der Waals surface area contributed by atoms with Crippen LogP contribution in [-0.2, 0) is 6.54 Å². The molecule has 0 spiro atoms. The molecule has 1 fully saturated rings. The minimum atomic E-state index is -2.53. The normalized spacial score (nSPS) is 19.1. The van der Waals surface area contributed by atoms with Crippen LogP contribution < -0.4 is 11.1 Å². The Balaban J connectivity index is 1.54. The van der Waals surface area contributed by atoms with E-state index in [4.69, 9.17) is 5.73 Å². The van der Waals surface area contributed by atoms with Gasteiger partial charge in [0.05, 0.1) is 12.2 Å². The van der Waals surface area contributed by atoms with Gasteiger partial charge in [0.25, 0.3) is 6.43 Å². The predicted molar refractivity (Wildman–Crippen MR) is 121 cm³/mol. The number of aromatic nitrogens is 6. The van der Waals surface area contributed by atoms with E-state index in [1.807, 2.05) is 0 Å². The number of nitrogen functional groups attached to an aromatic ring is 1. The molecule has 174 valence electrons. The summed E-state index contributed by atoms with van der Waals surface area (Å²) in [5.41, 5.74) is 8.50. The highest BCUT2D eigenvalue weighted by molar-refractivity contribution is 5.89. The molecule has 5 rings (SSSR count). The summed E-state index contributed by atoms with van der Waals surface area (Å²) in [6, 6.07) is 5.19. The van der Waals surface area contributed by atoms with Crippen molar-refractivity contribution in [2.24, 2.45) is 5.92 Å². The quantitative estimate of drug-likeness (QED) is 0.415. The maximum atomic E-state index is 13.1. The zero-order valence-corrected chi connectivity index (χ0v) is 18.5. The van der Waals surface area contributed by atoms with Crippen molar-refractivity contribution in [1.29, 1.82) is 0 Å². The number of nitrogens with two attached hydrogens (primary N) is 1. The largest absolute Gasteiger partial charge is 0.493 e. The maximum absolute atomic E-state index is 13.1. The molecule has 0 amide bonds. The van der Waals surface area contributed by atoms with Gasteiger partial charge in [0.15, 0.2) is 11.5 Å². The highest BCUT2D eigenvalue weighted by Crippen LogP contribution is 2.34. The summed E-state index contributed by atoms with van der Waals surface area (Å²) in [4.78, 5) is 13.3. The molecular weight excluding hydrogens is 430 g/mol. The summed E-state index contributed by atoms with van der Waals surface area (Å²) in [7, 11) is 0. The van der Waals surface area contributed by atoms with Gasteiger partial charge in [0, 0.05) is 17.7 Å². The molecule has 0 atom stereocenters. The maximum Gasteiger partial charge on any atom is 0.256 e. The van der Waals surface area contributed by atoms with E-state index in [0.717, 1.165) is 31.6 Å². The average Bonchev–Trinajstić information content (AvgIpc) is 3.26. The van der Waals surface area contributed by atoms with Crippen LogP contribution in [0.4, 0.5) is 20.5 Å². The number of nitrogens with zero attached hydrogens (tertiary/aromatic N) is 6. The fourth-order valence-corrected chi connectivity index (χ4v) is 4.58. The first-order valence-electron chi connectivity index (χ1n) is 11.1. The lowest BCUT2D eigenvalue weighted by Gasteiger charge is -2.26. The van der Waals surface area contributed by atoms with Crippen molar-refractivity contribution in [2.45, 2.75) is 58.5 Å². The van der Waals surface area contributed by atoms with Gasteiger partial charge in [0.1, 0.15) is 16.9 Å². The van der Waals surface area contributed by atoms with E-state index >= 15 is 0 Å². The van der Waals surface area contributed by atoms with Crippen LogP contribution in [0.2, 0.25) is 0 Å². The first-order valence-corrected chi connectivity index (χ1v) is 11.1. The van der Waals surface area contributed by atoms with Crippen molar-refractivity contribution in [3.8, 4) is 17.1 Å². The van der Waals surface area contributed by atoms with E-state index in [2.05, 4.69) is 32.3 Å². The third kappa shape index (κ3) is 3.91. The average molecular weight is 457 g/mol. The first kappa shape index (κ1) is 21.4. The second-order valence-electron chi connectivity index (χ2n) is 8.80. The smallest absolute Gasteiger partial charge is 0.256 e. The van der Waals surface area contributed by atoms with E-state index in [1.54, 1.807) is 19.1 Å². The summed E-state index contributed by atoms with van der Waals surface area (Å²) in [5.74, 6) is 1.60. The van der Waals surface area contributed by atoms with E-state index in [9.17, 15) is 13.9 Å². The molecule has 0 saturated heterocycles. The third-order valence-electron chi connectivity index (χ3n) is 6.35. The zero-order chi connectivity index (χ0) is 23.3. The number of aromatic hydroxyl groups is 1. The summed E-state index contributed by atoms with van der Waals surface area (Å²) in [5, 5.41) is 18.3. The van der Waals surface area contributed by atoms with E-state index in [-0.39, 0.29) is 17.7 Å². The molecule has 1 aliphatic rings. The summed E-state index contributed by atoms with van der Waals surface area (Å²) >= 11 is 0. The SMILES string of the molecule is Cc1nc2ccc(-c3cc(O)n4nc(NC5CCC(C)CC5)nc(N)c34)nc2n1CC(F)F. The van der Waals surface area contributed by atoms with E-state index in [0.29, 0.717) is 39.7 Å². The van der Waals surface area contributed by atoms with Crippen molar-refractivity contribution in [3.05, 3.63) is 24.0 Å². The Labute approximate surface area is 188 Å².